The molecule has 0 bridgehead atoms. The highest BCUT2D eigenvalue weighted by Gasteiger charge is 2.24. The van der Waals surface area contributed by atoms with Gasteiger partial charge in [0.05, 0.1) is 24.4 Å². The van der Waals surface area contributed by atoms with Crippen LogP contribution in [-0.4, -0.2) is 49.8 Å². The number of aliphatic imine (C=N–C) groups is 1. The Kier molecular flexibility index (Phi) is 6.22. The van der Waals surface area contributed by atoms with Crippen molar-refractivity contribution in [2.24, 2.45) is 10.7 Å². The average Bonchev–Trinajstić information content (AvgIpc) is 3.30. The minimum Gasteiger partial charge on any atom is -0.492 e. The summed E-state index contributed by atoms with van der Waals surface area (Å²) in [5, 5.41) is 17.3. The maximum Gasteiger partial charge on any atom is 0.343 e. The number of aromatic nitrogens is 4. The Morgan fingerprint density at radius 1 is 1.45 bits per heavy atom. The number of nitrogens with two attached hydrogens (primary N) is 1. The fraction of sp³-hybridized carbons (Fsp3) is 0.391. The summed E-state index contributed by atoms with van der Waals surface area (Å²) in [6.45, 7) is 8.07. The van der Waals surface area contributed by atoms with Gasteiger partial charge in [-0.1, -0.05) is 6.07 Å². The molecule has 2 aromatic heterocycles. The number of thiazole rings is 1. The number of aromatic amines is 1. The monoisotopic (exact) mass is 468 g/mol. The number of aliphatic hydroxyl groups is 1. The van der Waals surface area contributed by atoms with E-state index in [1.165, 1.54) is 17.5 Å². The van der Waals surface area contributed by atoms with E-state index >= 15 is 0 Å². The number of nitrogens with one attached hydrogen (secondary N) is 1. The fourth-order valence-corrected chi connectivity index (χ4v) is 4.66. The van der Waals surface area contributed by atoms with E-state index in [1.807, 2.05) is 32.0 Å². The van der Waals surface area contributed by atoms with E-state index in [0.29, 0.717) is 29.6 Å². The molecule has 1 aliphatic heterocycles. The SMILES string of the molecule is CC(C)n1c(-c2nc3c(s2)CCOc2cc(C(C=NCC(C)(C)O)=CN)ccc2-3)n[nH]c1=O. The van der Waals surface area contributed by atoms with Crippen molar-refractivity contribution < 1.29 is 9.84 Å². The molecule has 0 aliphatic carbocycles. The third-order valence-corrected chi connectivity index (χ3v) is 6.27. The van der Waals surface area contributed by atoms with E-state index in [9.17, 15) is 9.90 Å². The van der Waals surface area contributed by atoms with Gasteiger partial charge in [0.15, 0.2) is 10.8 Å². The van der Waals surface area contributed by atoms with Crippen LogP contribution in [0.5, 0.6) is 5.75 Å². The Bertz CT molecular complexity index is 1280. The number of ether oxygens (including phenoxy) is 1. The molecule has 0 amide bonds. The second kappa shape index (κ2) is 8.95. The van der Waals surface area contributed by atoms with Gasteiger partial charge in [0.25, 0.3) is 0 Å². The molecular weight excluding hydrogens is 440 g/mol. The molecule has 0 spiro atoms. The molecule has 0 saturated carbocycles. The number of allylic oxidation sites excluding steroid dienone is 1. The van der Waals surface area contributed by atoms with Crippen LogP contribution in [-0.2, 0) is 6.42 Å². The number of hydrogen-bond donors (Lipinski definition) is 3. The standard InChI is InChI=1S/C23H28N6O3S/c1-13(2)29-20(27-28-22(29)30)21-26-19-16-6-5-14(9-17(16)32-8-7-18(19)33-21)15(10-24)11-25-12-23(3,4)31/h5-6,9-11,13,31H,7-8,12,24H2,1-4H3,(H,28,30). The van der Waals surface area contributed by atoms with Crippen LogP contribution in [0.3, 0.4) is 0 Å². The minimum atomic E-state index is -0.888. The van der Waals surface area contributed by atoms with Crippen molar-refractivity contribution in [3.63, 3.8) is 0 Å². The van der Waals surface area contributed by atoms with Crippen molar-refractivity contribution in [1.29, 1.82) is 0 Å². The van der Waals surface area contributed by atoms with E-state index in [1.54, 1.807) is 24.6 Å². The summed E-state index contributed by atoms with van der Waals surface area (Å²) in [5.41, 5.74) is 8.02. The third-order valence-electron chi connectivity index (χ3n) is 5.15. The van der Waals surface area contributed by atoms with Crippen LogP contribution in [0, 0.1) is 0 Å². The lowest BCUT2D eigenvalue weighted by Gasteiger charge is -2.13. The van der Waals surface area contributed by atoms with E-state index in [0.717, 1.165) is 27.3 Å². The molecule has 0 saturated heterocycles. The lowest BCUT2D eigenvalue weighted by Crippen LogP contribution is -2.22. The van der Waals surface area contributed by atoms with Gasteiger partial charge in [-0.3, -0.25) is 9.56 Å². The summed E-state index contributed by atoms with van der Waals surface area (Å²) >= 11 is 1.53. The van der Waals surface area contributed by atoms with E-state index < -0.39 is 5.60 Å². The minimum absolute atomic E-state index is 0.0346. The molecule has 0 atom stereocenters. The highest BCUT2D eigenvalue weighted by molar-refractivity contribution is 7.15. The first kappa shape index (κ1) is 22.9. The maximum atomic E-state index is 12.2. The van der Waals surface area contributed by atoms with E-state index in [-0.39, 0.29) is 18.3 Å². The topological polar surface area (TPSA) is 131 Å². The highest BCUT2D eigenvalue weighted by atomic mass is 32.1. The smallest absolute Gasteiger partial charge is 0.343 e. The summed E-state index contributed by atoms with van der Waals surface area (Å²) in [6, 6.07) is 5.80. The molecule has 4 N–H and O–H groups in total. The van der Waals surface area contributed by atoms with Crippen LogP contribution >= 0.6 is 11.3 Å². The van der Waals surface area contributed by atoms with Gasteiger partial charge in [0.1, 0.15) is 5.75 Å². The predicted molar refractivity (Wildman–Crippen MR) is 131 cm³/mol. The third kappa shape index (κ3) is 4.76. The largest absolute Gasteiger partial charge is 0.492 e. The molecule has 4 rings (SSSR count). The first-order chi connectivity index (χ1) is 15.7. The van der Waals surface area contributed by atoms with Crippen molar-refractivity contribution in [3.8, 4) is 27.8 Å². The molecular formula is C23H28N6O3S. The van der Waals surface area contributed by atoms with E-state index in [2.05, 4.69) is 15.2 Å². The van der Waals surface area contributed by atoms with Gasteiger partial charge in [-0.15, -0.1) is 16.4 Å². The zero-order valence-corrected chi connectivity index (χ0v) is 19.9. The van der Waals surface area contributed by atoms with Gasteiger partial charge in [-0.25, -0.2) is 14.9 Å². The van der Waals surface area contributed by atoms with Crippen LogP contribution in [0.2, 0.25) is 0 Å². The molecule has 3 heterocycles. The highest BCUT2D eigenvalue weighted by Crippen LogP contribution is 2.40. The van der Waals surface area contributed by atoms with Gasteiger partial charge in [0.2, 0.25) is 0 Å². The maximum absolute atomic E-state index is 12.2. The molecule has 0 unspecified atom stereocenters. The zero-order valence-electron chi connectivity index (χ0n) is 19.1. The second-order valence-corrected chi connectivity index (χ2v) is 9.90. The summed E-state index contributed by atoms with van der Waals surface area (Å²) in [7, 11) is 0. The molecule has 174 valence electrons. The number of fused-ring (bicyclic) bond motifs is 3. The van der Waals surface area contributed by atoms with Crippen molar-refractivity contribution in [2.75, 3.05) is 13.2 Å². The zero-order chi connectivity index (χ0) is 23.8. The summed E-state index contributed by atoms with van der Waals surface area (Å²) in [6.07, 6.45) is 3.85. The molecule has 9 nitrogen and oxygen atoms in total. The van der Waals surface area contributed by atoms with Crippen LogP contribution in [0.1, 0.15) is 44.2 Å². The van der Waals surface area contributed by atoms with Crippen molar-refractivity contribution in [2.45, 2.75) is 45.8 Å². The van der Waals surface area contributed by atoms with Gasteiger partial charge < -0.3 is 15.6 Å². The van der Waals surface area contributed by atoms with Crippen molar-refractivity contribution >= 4 is 23.1 Å². The lowest BCUT2D eigenvalue weighted by molar-refractivity contribution is 0.0906. The Balaban J connectivity index is 1.70. The molecule has 10 heteroatoms. The Morgan fingerprint density at radius 3 is 2.94 bits per heavy atom. The van der Waals surface area contributed by atoms with Crippen molar-refractivity contribution in [1.82, 2.24) is 19.7 Å². The summed E-state index contributed by atoms with van der Waals surface area (Å²) in [4.78, 5) is 22.4. The molecule has 1 aromatic carbocycles. The van der Waals surface area contributed by atoms with Gasteiger partial charge in [0, 0.05) is 40.9 Å². The van der Waals surface area contributed by atoms with Crippen LogP contribution < -0.4 is 16.2 Å². The van der Waals surface area contributed by atoms with Crippen LogP contribution in [0.4, 0.5) is 0 Å². The molecule has 1 aliphatic rings. The van der Waals surface area contributed by atoms with E-state index in [4.69, 9.17) is 15.5 Å². The number of nitrogens with zero attached hydrogens (tertiary/aromatic N) is 4. The van der Waals surface area contributed by atoms with Crippen molar-refractivity contribution in [3.05, 3.63) is 45.3 Å². The molecule has 0 fully saturated rings. The van der Waals surface area contributed by atoms with Gasteiger partial charge in [-0.05, 0) is 45.4 Å². The number of benzene rings is 1. The molecule has 0 radical (unpaired) electrons. The lowest BCUT2D eigenvalue weighted by atomic mass is 10.0. The normalized spacial score (nSPS) is 14.3. The Labute approximate surface area is 195 Å². The second-order valence-electron chi connectivity index (χ2n) is 8.82. The number of H-pyrrole nitrogens is 1. The fourth-order valence-electron chi connectivity index (χ4n) is 3.61. The molecule has 3 aromatic rings. The quantitative estimate of drug-likeness (QED) is 0.477. The van der Waals surface area contributed by atoms with Gasteiger partial charge in [-0.2, -0.15) is 0 Å². The van der Waals surface area contributed by atoms with Crippen LogP contribution in [0.25, 0.3) is 27.7 Å². The first-order valence-corrected chi connectivity index (χ1v) is 11.6. The van der Waals surface area contributed by atoms with Crippen LogP contribution in [0.15, 0.2) is 34.2 Å². The number of hydrogen-bond acceptors (Lipinski definition) is 8. The predicted octanol–water partition coefficient (Wildman–Crippen LogP) is 3.02. The first-order valence-electron chi connectivity index (χ1n) is 10.8. The Hall–Kier alpha value is -3.24. The summed E-state index contributed by atoms with van der Waals surface area (Å²) < 4.78 is 7.65. The average molecular weight is 469 g/mol. The Morgan fingerprint density at radius 2 is 2.24 bits per heavy atom. The number of rotatable bonds is 6. The molecule has 33 heavy (non-hydrogen) atoms. The summed E-state index contributed by atoms with van der Waals surface area (Å²) in [5.74, 6) is 1.25. The van der Waals surface area contributed by atoms with Gasteiger partial charge >= 0.3 is 5.69 Å².